The van der Waals surface area contributed by atoms with E-state index in [-0.39, 0.29) is 11.9 Å². The zero-order valence-electron chi connectivity index (χ0n) is 13.6. The lowest BCUT2D eigenvalue weighted by molar-refractivity contribution is -0.121. The number of hydrogen-bond donors (Lipinski definition) is 1. The molecule has 120 valence electrons. The summed E-state index contributed by atoms with van der Waals surface area (Å²) in [5.74, 6) is 0.0311. The van der Waals surface area contributed by atoms with Crippen molar-refractivity contribution in [1.29, 1.82) is 0 Å². The third-order valence-electron chi connectivity index (χ3n) is 3.73. The van der Waals surface area contributed by atoms with Gasteiger partial charge in [0.15, 0.2) is 0 Å². The van der Waals surface area contributed by atoms with Gasteiger partial charge in [-0.05, 0) is 44.5 Å². The summed E-state index contributed by atoms with van der Waals surface area (Å²) < 4.78 is 3.58. The van der Waals surface area contributed by atoms with Crippen LogP contribution in [-0.2, 0) is 17.9 Å². The molecule has 8 nitrogen and oxygen atoms in total. The third-order valence-corrected chi connectivity index (χ3v) is 3.73. The average molecular weight is 305 g/mol. The van der Waals surface area contributed by atoms with Crippen LogP contribution in [0.5, 0.6) is 0 Å². The van der Waals surface area contributed by atoms with Gasteiger partial charge in [0, 0.05) is 30.8 Å². The van der Waals surface area contributed by atoms with Crippen LogP contribution in [0.3, 0.4) is 0 Å². The molecule has 0 aliphatic heterocycles. The zero-order valence-corrected chi connectivity index (χ0v) is 13.6. The van der Waals surface area contributed by atoms with E-state index in [1.807, 2.05) is 25.5 Å². The fourth-order valence-corrected chi connectivity index (χ4v) is 2.72. The summed E-state index contributed by atoms with van der Waals surface area (Å²) >= 11 is 0. The molecular weight excluding hydrogens is 282 g/mol. The quantitative estimate of drug-likeness (QED) is 0.829. The van der Waals surface area contributed by atoms with Gasteiger partial charge in [0.05, 0.1) is 11.7 Å². The first-order chi connectivity index (χ1) is 10.5. The first-order valence-corrected chi connectivity index (χ1v) is 7.57. The molecular formula is C14H23N7O. The molecule has 2 heterocycles. The summed E-state index contributed by atoms with van der Waals surface area (Å²) in [4.78, 5) is 12.1. The molecule has 2 aromatic rings. The van der Waals surface area contributed by atoms with E-state index in [4.69, 9.17) is 0 Å². The molecule has 1 N–H and O–H groups in total. The predicted molar refractivity (Wildman–Crippen MR) is 81.0 cm³/mol. The number of tetrazole rings is 1. The number of aromatic nitrogens is 6. The number of rotatable bonds is 7. The number of nitrogens with one attached hydrogen (secondary N) is 1. The fraction of sp³-hybridized carbons (Fsp3) is 0.643. The minimum Gasteiger partial charge on any atom is -0.349 e. The van der Waals surface area contributed by atoms with Gasteiger partial charge in [0.2, 0.25) is 5.91 Å². The second-order valence-corrected chi connectivity index (χ2v) is 5.37. The largest absolute Gasteiger partial charge is 0.349 e. The Morgan fingerprint density at radius 2 is 2.18 bits per heavy atom. The van der Waals surface area contributed by atoms with E-state index >= 15 is 0 Å². The van der Waals surface area contributed by atoms with Crippen molar-refractivity contribution in [3.8, 4) is 0 Å². The van der Waals surface area contributed by atoms with E-state index in [1.54, 1.807) is 11.0 Å². The van der Waals surface area contributed by atoms with E-state index in [2.05, 4.69) is 32.9 Å². The second-order valence-electron chi connectivity index (χ2n) is 5.37. The monoisotopic (exact) mass is 305 g/mol. The molecule has 0 aromatic carbocycles. The Balaban J connectivity index is 1.87. The van der Waals surface area contributed by atoms with Gasteiger partial charge in [-0.1, -0.05) is 0 Å². The molecule has 0 aliphatic rings. The smallest absolute Gasteiger partial charge is 0.220 e. The lowest BCUT2D eigenvalue weighted by Gasteiger charge is -2.15. The van der Waals surface area contributed by atoms with E-state index in [9.17, 15) is 4.79 Å². The molecule has 2 aromatic heterocycles. The van der Waals surface area contributed by atoms with Crippen molar-refractivity contribution in [1.82, 2.24) is 35.3 Å². The number of aryl methyl sites for hydroxylation is 3. The van der Waals surface area contributed by atoms with E-state index in [1.165, 1.54) is 0 Å². The van der Waals surface area contributed by atoms with Crippen molar-refractivity contribution in [3.63, 3.8) is 0 Å². The van der Waals surface area contributed by atoms with Crippen molar-refractivity contribution in [3.05, 3.63) is 23.3 Å². The van der Waals surface area contributed by atoms with Crippen molar-refractivity contribution in [2.75, 3.05) is 0 Å². The first kappa shape index (κ1) is 16.1. The number of carbonyl (C=O) groups is 1. The Kier molecular flexibility index (Phi) is 5.24. The van der Waals surface area contributed by atoms with Crippen LogP contribution in [0, 0.1) is 13.8 Å². The molecule has 1 amide bonds. The highest BCUT2D eigenvalue weighted by Gasteiger charge is 2.18. The maximum Gasteiger partial charge on any atom is 0.220 e. The topological polar surface area (TPSA) is 90.5 Å². The van der Waals surface area contributed by atoms with Crippen LogP contribution in [0.1, 0.15) is 49.7 Å². The van der Waals surface area contributed by atoms with Crippen molar-refractivity contribution in [2.24, 2.45) is 0 Å². The summed E-state index contributed by atoms with van der Waals surface area (Å²) in [6.45, 7) is 9.55. The molecule has 0 unspecified atom stereocenters. The van der Waals surface area contributed by atoms with Gasteiger partial charge in [-0.2, -0.15) is 5.10 Å². The van der Waals surface area contributed by atoms with Crippen LogP contribution >= 0.6 is 0 Å². The van der Waals surface area contributed by atoms with Gasteiger partial charge in [0.25, 0.3) is 0 Å². The summed E-state index contributed by atoms with van der Waals surface area (Å²) in [6, 6.07) is -0.0409. The highest BCUT2D eigenvalue weighted by atomic mass is 16.1. The standard InChI is InChI=1S/C14H23N7O/c1-5-21-12(4)14(11(3)17-21)10(2)16-13(22)7-6-8-20-9-15-18-19-20/h9-10H,5-8H2,1-4H3,(H,16,22)/t10-/m1/s1. The van der Waals surface area contributed by atoms with Gasteiger partial charge in [0.1, 0.15) is 6.33 Å². The van der Waals surface area contributed by atoms with E-state index in [0.29, 0.717) is 19.4 Å². The van der Waals surface area contributed by atoms with Gasteiger partial charge >= 0.3 is 0 Å². The number of nitrogens with zero attached hydrogens (tertiary/aromatic N) is 6. The maximum absolute atomic E-state index is 12.1. The van der Waals surface area contributed by atoms with Gasteiger partial charge in [-0.25, -0.2) is 4.68 Å². The van der Waals surface area contributed by atoms with Crippen LogP contribution in [0.2, 0.25) is 0 Å². The lowest BCUT2D eigenvalue weighted by atomic mass is 10.1. The summed E-state index contributed by atoms with van der Waals surface area (Å²) in [7, 11) is 0. The molecule has 2 rings (SSSR count). The Bertz CT molecular complexity index is 617. The van der Waals surface area contributed by atoms with E-state index in [0.717, 1.165) is 23.5 Å². The van der Waals surface area contributed by atoms with Crippen LogP contribution in [0.4, 0.5) is 0 Å². The maximum atomic E-state index is 12.1. The summed E-state index contributed by atoms with van der Waals surface area (Å²) in [5.41, 5.74) is 3.19. The molecule has 0 saturated heterocycles. The fourth-order valence-electron chi connectivity index (χ4n) is 2.72. The molecule has 22 heavy (non-hydrogen) atoms. The minimum atomic E-state index is -0.0409. The van der Waals surface area contributed by atoms with Gasteiger partial charge in [-0.15, -0.1) is 5.10 Å². The van der Waals surface area contributed by atoms with Crippen LogP contribution in [0.25, 0.3) is 0 Å². The molecule has 8 heteroatoms. The van der Waals surface area contributed by atoms with Crippen molar-refractivity contribution >= 4 is 5.91 Å². The van der Waals surface area contributed by atoms with Crippen LogP contribution in [0.15, 0.2) is 6.33 Å². The highest BCUT2D eigenvalue weighted by Crippen LogP contribution is 2.21. The molecule has 0 aliphatic carbocycles. The number of amides is 1. The average Bonchev–Trinajstić information content (AvgIpc) is 3.06. The van der Waals surface area contributed by atoms with Crippen LogP contribution in [-0.4, -0.2) is 35.9 Å². The summed E-state index contributed by atoms with van der Waals surface area (Å²) in [5, 5.41) is 18.4. The Hall–Kier alpha value is -2.25. The van der Waals surface area contributed by atoms with Crippen LogP contribution < -0.4 is 5.32 Å². The van der Waals surface area contributed by atoms with Crippen molar-refractivity contribution < 1.29 is 4.79 Å². The molecule has 0 fully saturated rings. The normalized spacial score (nSPS) is 12.4. The molecule has 0 radical (unpaired) electrons. The molecule has 0 bridgehead atoms. The highest BCUT2D eigenvalue weighted by molar-refractivity contribution is 5.76. The zero-order chi connectivity index (χ0) is 16.1. The number of carbonyl (C=O) groups excluding carboxylic acids is 1. The van der Waals surface area contributed by atoms with E-state index < -0.39 is 0 Å². The lowest BCUT2D eigenvalue weighted by Crippen LogP contribution is -2.27. The SMILES string of the molecule is CCn1nc(C)c([C@@H](C)NC(=O)CCCn2cnnn2)c1C. The second kappa shape index (κ2) is 7.15. The Morgan fingerprint density at radius 3 is 2.77 bits per heavy atom. The Morgan fingerprint density at radius 1 is 1.41 bits per heavy atom. The predicted octanol–water partition coefficient (Wildman–Crippen LogP) is 1.16. The number of hydrogen-bond acceptors (Lipinski definition) is 5. The first-order valence-electron chi connectivity index (χ1n) is 7.57. The molecule has 1 atom stereocenters. The van der Waals surface area contributed by atoms with Crippen molar-refractivity contribution in [2.45, 2.75) is 59.7 Å². The minimum absolute atomic E-state index is 0.0311. The molecule has 0 saturated carbocycles. The molecule has 0 spiro atoms. The van der Waals surface area contributed by atoms with Gasteiger partial charge < -0.3 is 5.32 Å². The third kappa shape index (κ3) is 3.69. The summed E-state index contributed by atoms with van der Waals surface area (Å²) in [6.07, 6.45) is 2.70. The Labute approximate surface area is 129 Å². The van der Waals surface area contributed by atoms with Gasteiger partial charge in [-0.3, -0.25) is 9.48 Å².